The summed E-state index contributed by atoms with van der Waals surface area (Å²) in [4.78, 5) is 0. The minimum absolute atomic E-state index is 0.132. The van der Waals surface area contributed by atoms with Crippen LogP contribution in [0.2, 0.25) is 0 Å². The van der Waals surface area contributed by atoms with E-state index in [0.717, 1.165) is 11.3 Å². The van der Waals surface area contributed by atoms with Crippen LogP contribution >= 0.6 is 0 Å². The Morgan fingerprint density at radius 3 is 2.50 bits per heavy atom. The third-order valence-electron chi connectivity index (χ3n) is 2.86. The van der Waals surface area contributed by atoms with E-state index in [9.17, 15) is 4.39 Å². The van der Waals surface area contributed by atoms with Crippen molar-refractivity contribution in [2.24, 2.45) is 0 Å². The predicted octanol–water partition coefficient (Wildman–Crippen LogP) is 3.42. The number of ether oxygens (including phenoxy) is 2. The third kappa shape index (κ3) is 3.56. The molecule has 2 aromatic rings. The van der Waals surface area contributed by atoms with Gasteiger partial charge in [-0.1, -0.05) is 12.1 Å². The van der Waals surface area contributed by atoms with Gasteiger partial charge in [-0.25, -0.2) is 4.39 Å². The fourth-order valence-electron chi connectivity index (χ4n) is 1.76. The molecule has 20 heavy (non-hydrogen) atoms. The summed E-state index contributed by atoms with van der Waals surface area (Å²) in [5, 5.41) is 8.78. The number of nitrogens with zero attached hydrogens (tertiary/aromatic N) is 1. The zero-order valence-electron chi connectivity index (χ0n) is 11.1. The molecular formula is C16H14FNO2. The molecule has 0 N–H and O–H groups in total. The van der Waals surface area contributed by atoms with E-state index in [2.05, 4.69) is 0 Å². The minimum atomic E-state index is -0.362. The number of halogens is 1. The van der Waals surface area contributed by atoms with E-state index in [1.54, 1.807) is 7.11 Å². The lowest BCUT2D eigenvalue weighted by molar-refractivity contribution is 0.105. The number of rotatable bonds is 5. The van der Waals surface area contributed by atoms with E-state index in [0.29, 0.717) is 17.7 Å². The second-order valence-corrected chi connectivity index (χ2v) is 4.26. The van der Waals surface area contributed by atoms with Crippen LogP contribution in [0.4, 0.5) is 4.39 Å². The number of nitriles is 1. The number of methoxy groups -OCH3 is 1. The highest BCUT2D eigenvalue weighted by Crippen LogP contribution is 2.14. The number of hydrogen-bond donors (Lipinski definition) is 0. The average Bonchev–Trinajstić information content (AvgIpc) is 2.50. The van der Waals surface area contributed by atoms with Gasteiger partial charge in [0.25, 0.3) is 0 Å². The summed E-state index contributed by atoms with van der Waals surface area (Å²) in [7, 11) is 1.61. The molecule has 102 valence electrons. The van der Waals surface area contributed by atoms with Gasteiger partial charge in [-0.2, -0.15) is 5.26 Å². The van der Waals surface area contributed by atoms with Crippen molar-refractivity contribution in [3.05, 3.63) is 65.0 Å². The molecule has 0 radical (unpaired) electrons. The van der Waals surface area contributed by atoms with Gasteiger partial charge in [0.05, 0.1) is 32.0 Å². The largest absolute Gasteiger partial charge is 0.497 e. The highest BCUT2D eigenvalue weighted by molar-refractivity contribution is 5.33. The Kier molecular flexibility index (Phi) is 4.70. The highest BCUT2D eigenvalue weighted by atomic mass is 19.1. The first-order chi connectivity index (χ1) is 9.72. The topological polar surface area (TPSA) is 42.2 Å². The molecule has 0 unspecified atom stereocenters. The summed E-state index contributed by atoms with van der Waals surface area (Å²) in [5.74, 6) is 0.417. The van der Waals surface area contributed by atoms with Crippen molar-refractivity contribution < 1.29 is 13.9 Å². The van der Waals surface area contributed by atoms with Gasteiger partial charge in [0, 0.05) is 5.56 Å². The van der Waals surface area contributed by atoms with Crippen molar-refractivity contribution in [2.45, 2.75) is 13.2 Å². The lowest BCUT2D eigenvalue weighted by atomic mass is 10.1. The summed E-state index contributed by atoms with van der Waals surface area (Å²) in [5.41, 5.74) is 1.79. The molecule has 0 heterocycles. The third-order valence-corrected chi connectivity index (χ3v) is 2.86. The van der Waals surface area contributed by atoms with Crippen molar-refractivity contribution in [1.29, 1.82) is 5.26 Å². The lowest BCUT2D eigenvalue weighted by Gasteiger charge is -2.07. The Hall–Kier alpha value is -2.38. The summed E-state index contributed by atoms with van der Waals surface area (Å²) < 4.78 is 24.1. The van der Waals surface area contributed by atoms with Crippen molar-refractivity contribution in [3.8, 4) is 11.8 Å². The molecule has 3 nitrogen and oxygen atoms in total. The van der Waals surface area contributed by atoms with Crippen LogP contribution in [0.3, 0.4) is 0 Å². The van der Waals surface area contributed by atoms with Crippen LogP contribution in [-0.4, -0.2) is 7.11 Å². The van der Waals surface area contributed by atoms with Gasteiger partial charge in [0.15, 0.2) is 0 Å². The maximum Gasteiger partial charge on any atom is 0.128 e. The fourth-order valence-corrected chi connectivity index (χ4v) is 1.76. The van der Waals surface area contributed by atoms with Gasteiger partial charge in [-0.15, -0.1) is 0 Å². The standard InChI is InChI=1S/C16H14FNO2/c1-19-15-5-2-12(3-6-15)10-20-11-14-8-13(9-18)4-7-16(14)17/h2-8H,10-11H2,1H3. The smallest absolute Gasteiger partial charge is 0.128 e. The molecule has 0 saturated heterocycles. The lowest BCUT2D eigenvalue weighted by Crippen LogP contribution is -1.97. The Bertz CT molecular complexity index is 617. The van der Waals surface area contributed by atoms with Crippen LogP contribution in [-0.2, 0) is 18.0 Å². The zero-order valence-corrected chi connectivity index (χ0v) is 11.1. The zero-order chi connectivity index (χ0) is 14.4. The minimum Gasteiger partial charge on any atom is -0.497 e. The van der Waals surface area contributed by atoms with Gasteiger partial charge in [0.1, 0.15) is 11.6 Å². The van der Waals surface area contributed by atoms with Crippen LogP contribution in [0.5, 0.6) is 5.75 Å². The van der Waals surface area contributed by atoms with Crippen LogP contribution in [0.1, 0.15) is 16.7 Å². The van der Waals surface area contributed by atoms with Crippen molar-refractivity contribution >= 4 is 0 Å². The molecule has 0 spiro atoms. The second kappa shape index (κ2) is 6.69. The predicted molar refractivity (Wildman–Crippen MR) is 72.6 cm³/mol. The quantitative estimate of drug-likeness (QED) is 0.836. The molecule has 0 saturated carbocycles. The highest BCUT2D eigenvalue weighted by Gasteiger charge is 2.04. The van der Waals surface area contributed by atoms with Crippen LogP contribution in [0.15, 0.2) is 42.5 Å². The van der Waals surface area contributed by atoms with E-state index < -0.39 is 0 Å². The van der Waals surface area contributed by atoms with Crippen LogP contribution < -0.4 is 4.74 Å². The van der Waals surface area contributed by atoms with E-state index >= 15 is 0 Å². The molecule has 2 rings (SSSR count). The molecular weight excluding hydrogens is 257 g/mol. The van der Waals surface area contributed by atoms with Gasteiger partial charge in [-0.3, -0.25) is 0 Å². The van der Waals surface area contributed by atoms with Crippen molar-refractivity contribution in [1.82, 2.24) is 0 Å². The first-order valence-corrected chi connectivity index (χ1v) is 6.12. The van der Waals surface area contributed by atoms with Crippen molar-refractivity contribution in [3.63, 3.8) is 0 Å². The summed E-state index contributed by atoms with van der Waals surface area (Å²) in [6, 6.07) is 13.7. The Morgan fingerprint density at radius 2 is 1.85 bits per heavy atom. The van der Waals surface area contributed by atoms with E-state index in [4.69, 9.17) is 14.7 Å². The fraction of sp³-hybridized carbons (Fsp3) is 0.188. The van der Waals surface area contributed by atoms with Crippen molar-refractivity contribution in [2.75, 3.05) is 7.11 Å². The maximum absolute atomic E-state index is 13.5. The first-order valence-electron chi connectivity index (χ1n) is 6.12. The van der Waals surface area contributed by atoms with E-state index in [1.807, 2.05) is 30.3 Å². The Balaban J connectivity index is 1.94. The molecule has 0 amide bonds. The van der Waals surface area contributed by atoms with Gasteiger partial charge < -0.3 is 9.47 Å². The molecule has 0 aromatic heterocycles. The normalized spacial score (nSPS) is 10.1. The molecule has 0 aliphatic rings. The molecule has 0 aliphatic heterocycles. The summed E-state index contributed by atoms with van der Waals surface area (Å²) in [6.07, 6.45) is 0. The number of benzene rings is 2. The molecule has 4 heteroatoms. The Morgan fingerprint density at radius 1 is 1.10 bits per heavy atom. The van der Waals surface area contributed by atoms with E-state index in [1.165, 1.54) is 18.2 Å². The number of hydrogen-bond acceptors (Lipinski definition) is 3. The Labute approximate surface area is 117 Å². The van der Waals surface area contributed by atoms with Crippen LogP contribution in [0, 0.1) is 17.1 Å². The average molecular weight is 271 g/mol. The van der Waals surface area contributed by atoms with Gasteiger partial charge in [0.2, 0.25) is 0 Å². The SMILES string of the molecule is COc1ccc(COCc2cc(C#N)ccc2F)cc1. The maximum atomic E-state index is 13.5. The summed E-state index contributed by atoms with van der Waals surface area (Å²) >= 11 is 0. The van der Waals surface area contributed by atoms with Crippen LogP contribution in [0.25, 0.3) is 0 Å². The molecule has 0 atom stereocenters. The molecule has 0 aliphatic carbocycles. The second-order valence-electron chi connectivity index (χ2n) is 4.26. The monoisotopic (exact) mass is 271 g/mol. The molecule has 0 fully saturated rings. The molecule has 0 bridgehead atoms. The van der Waals surface area contributed by atoms with Gasteiger partial charge >= 0.3 is 0 Å². The first kappa shape index (κ1) is 14.0. The van der Waals surface area contributed by atoms with E-state index in [-0.39, 0.29) is 12.4 Å². The van der Waals surface area contributed by atoms with Gasteiger partial charge in [-0.05, 0) is 35.9 Å². The summed E-state index contributed by atoms with van der Waals surface area (Å²) in [6.45, 7) is 0.508. The molecule has 2 aromatic carbocycles.